The summed E-state index contributed by atoms with van der Waals surface area (Å²) in [6.07, 6.45) is 7.27. The van der Waals surface area contributed by atoms with E-state index in [9.17, 15) is 4.79 Å². The van der Waals surface area contributed by atoms with Crippen LogP contribution in [0.4, 0.5) is 5.13 Å². The zero-order chi connectivity index (χ0) is 14.2. The van der Waals surface area contributed by atoms with E-state index in [0.29, 0.717) is 17.5 Å². The molecule has 1 amide bonds. The number of carbonyl (C=O) groups excluding carboxylic acids is 1. The van der Waals surface area contributed by atoms with Crippen LogP contribution < -0.4 is 10.6 Å². The van der Waals surface area contributed by atoms with Crippen molar-refractivity contribution in [3.05, 3.63) is 5.01 Å². The van der Waals surface area contributed by atoms with Gasteiger partial charge in [0.2, 0.25) is 11.0 Å². The summed E-state index contributed by atoms with van der Waals surface area (Å²) in [6, 6.07) is 0. The zero-order valence-electron chi connectivity index (χ0n) is 12.6. The number of anilines is 1. The van der Waals surface area contributed by atoms with Gasteiger partial charge in [0, 0.05) is 12.8 Å². The number of hydrogen-bond donors (Lipinski definition) is 2. The number of halogens is 1. The number of aromatic nitrogens is 2. The highest BCUT2D eigenvalue weighted by molar-refractivity contribution is 7.15. The Bertz CT molecular complexity index is 421. The second-order valence-corrected chi connectivity index (χ2v) is 6.47. The van der Waals surface area contributed by atoms with E-state index in [-0.39, 0.29) is 18.3 Å². The molecule has 0 spiro atoms. The van der Waals surface area contributed by atoms with Gasteiger partial charge in [0.05, 0.1) is 0 Å². The summed E-state index contributed by atoms with van der Waals surface area (Å²) >= 11 is 1.50. The van der Waals surface area contributed by atoms with Crippen molar-refractivity contribution >= 4 is 34.8 Å². The second-order valence-electron chi connectivity index (χ2n) is 5.40. The van der Waals surface area contributed by atoms with Crippen LogP contribution in [0.15, 0.2) is 0 Å². The Balaban J connectivity index is 0.00000220. The maximum absolute atomic E-state index is 11.8. The minimum absolute atomic E-state index is 0. The van der Waals surface area contributed by atoms with Gasteiger partial charge >= 0.3 is 0 Å². The number of nitrogens with one attached hydrogen (secondary N) is 2. The average Bonchev–Trinajstić information content (AvgIpc) is 3.08. The molecule has 1 saturated heterocycles. The number of nitrogens with zero attached hydrogens (tertiary/aromatic N) is 2. The molecule has 120 valence electrons. The first-order chi connectivity index (χ1) is 9.78. The first-order valence-corrected chi connectivity index (χ1v) is 8.42. The number of hydrogen-bond acceptors (Lipinski definition) is 5. The molecule has 1 unspecified atom stereocenters. The van der Waals surface area contributed by atoms with Gasteiger partial charge in [0.25, 0.3) is 0 Å². The fraction of sp³-hybridized carbons (Fsp3) is 0.786. The van der Waals surface area contributed by atoms with E-state index in [4.69, 9.17) is 0 Å². The molecule has 5 nitrogen and oxygen atoms in total. The van der Waals surface area contributed by atoms with Crippen molar-refractivity contribution in [2.75, 3.05) is 18.4 Å². The molecule has 7 heteroatoms. The van der Waals surface area contributed by atoms with Gasteiger partial charge in [0.15, 0.2) is 0 Å². The molecule has 0 aromatic carbocycles. The number of amides is 1. The SMILES string of the molecule is CCCCCc1nnc(NC(=O)CCC2CCNC2)s1.Cl. The molecule has 1 aromatic heterocycles. The van der Waals surface area contributed by atoms with Crippen LogP contribution in [0.3, 0.4) is 0 Å². The van der Waals surface area contributed by atoms with E-state index in [1.54, 1.807) is 0 Å². The maximum atomic E-state index is 11.8. The highest BCUT2D eigenvalue weighted by Crippen LogP contribution is 2.19. The Morgan fingerprint density at radius 3 is 3.00 bits per heavy atom. The van der Waals surface area contributed by atoms with E-state index >= 15 is 0 Å². The fourth-order valence-electron chi connectivity index (χ4n) is 2.41. The Kier molecular flexibility index (Phi) is 8.80. The highest BCUT2D eigenvalue weighted by atomic mass is 35.5. The number of unbranched alkanes of at least 4 members (excludes halogenated alkanes) is 2. The molecule has 0 bridgehead atoms. The predicted molar refractivity (Wildman–Crippen MR) is 89.2 cm³/mol. The molecule has 0 saturated carbocycles. The third-order valence-corrected chi connectivity index (χ3v) is 4.55. The monoisotopic (exact) mass is 332 g/mol. The molecular weight excluding hydrogens is 308 g/mol. The zero-order valence-corrected chi connectivity index (χ0v) is 14.2. The lowest BCUT2D eigenvalue weighted by Gasteiger charge is -2.06. The number of carbonyl (C=O) groups is 1. The molecule has 0 aliphatic carbocycles. The molecular formula is C14H25ClN4OS. The van der Waals surface area contributed by atoms with Gasteiger partial charge in [-0.3, -0.25) is 4.79 Å². The molecule has 1 aromatic rings. The Morgan fingerprint density at radius 2 is 2.29 bits per heavy atom. The van der Waals surface area contributed by atoms with Crippen molar-refractivity contribution in [3.63, 3.8) is 0 Å². The van der Waals surface area contributed by atoms with Crippen molar-refractivity contribution < 1.29 is 4.79 Å². The molecule has 1 aliphatic rings. The lowest BCUT2D eigenvalue weighted by Crippen LogP contribution is -2.14. The second kappa shape index (κ2) is 10.1. The lowest BCUT2D eigenvalue weighted by atomic mass is 10.0. The molecule has 1 atom stereocenters. The maximum Gasteiger partial charge on any atom is 0.226 e. The smallest absolute Gasteiger partial charge is 0.226 e. The van der Waals surface area contributed by atoms with Crippen molar-refractivity contribution in [2.45, 2.75) is 51.9 Å². The van der Waals surface area contributed by atoms with E-state index < -0.39 is 0 Å². The number of aryl methyl sites for hydroxylation is 1. The molecule has 2 rings (SSSR count). The summed E-state index contributed by atoms with van der Waals surface area (Å²) in [7, 11) is 0. The van der Waals surface area contributed by atoms with Crippen LogP contribution >= 0.6 is 23.7 Å². The number of rotatable bonds is 8. The fourth-order valence-corrected chi connectivity index (χ4v) is 3.21. The van der Waals surface area contributed by atoms with Crippen LogP contribution in [0.2, 0.25) is 0 Å². The largest absolute Gasteiger partial charge is 0.316 e. The van der Waals surface area contributed by atoms with Gasteiger partial charge < -0.3 is 10.6 Å². The first-order valence-electron chi connectivity index (χ1n) is 7.61. The van der Waals surface area contributed by atoms with Crippen LogP contribution in [0, 0.1) is 5.92 Å². The van der Waals surface area contributed by atoms with E-state index in [1.165, 1.54) is 30.6 Å². The van der Waals surface area contributed by atoms with Crippen LogP contribution in [-0.2, 0) is 11.2 Å². The molecule has 1 aliphatic heterocycles. The van der Waals surface area contributed by atoms with Crippen LogP contribution in [0.5, 0.6) is 0 Å². The third kappa shape index (κ3) is 6.72. The summed E-state index contributed by atoms with van der Waals surface area (Å²) in [5, 5.41) is 16.0. The third-order valence-electron chi connectivity index (χ3n) is 3.65. The van der Waals surface area contributed by atoms with Gasteiger partial charge in [-0.1, -0.05) is 31.1 Å². The van der Waals surface area contributed by atoms with Crippen molar-refractivity contribution in [3.8, 4) is 0 Å². The normalized spacial score (nSPS) is 17.5. The van der Waals surface area contributed by atoms with Gasteiger partial charge in [-0.25, -0.2) is 0 Å². The predicted octanol–water partition coefficient (Wildman–Crippen LogP) is 3.02. The van der Waals surface area contributed by atoms with Gasteiger partial charge in [0.1, 0.15) is 5.01 Å². The molecule has 21 heavy (non-hydrogen) atoms. The summed E-state index contributed by atoms with van der Waals surface area (Å²) in [6.45, 7) is 4.32. The molecule has 2 N–H and O–H groups in total. The first kappa shape index (κ1) is 18.3. The Morgan fingerprint density at radius 1 is 1.43 bits per heavy atom. The molecule has 1 fully saturated rings. The summed E-state index contributed by atoms with van der Waals surface area (Å²) in [4.78, 5) is 11.8. The van der Waals surface area contributed by atoms with Crippen molar-refractivity contribution in [1.29, 1.82) is 0 Å². The average molecular weight is 333 g/mol. The van der Waals surface area contributed by atoms with Crippen LogP contribution in [0.25, 0.3) is 0 Å². The van der Waals surface area contributed by atoms with E-state index in [1.807, 2.05) is 0 Å². The van der Waals surface area contributed by atoms with Gasteiger partial charge in [-0.2, -0.15) is 0 Å². The minimum Gasteiger partial charge on any atom is -0.316 e. The van der Waals surface area contributed by atoms with Gasteiger partial charge in [-0.05, 0) is 38.3 Å². The lowest BCUT2D eigenvalue weighted by molar-refractivity contribution is -0.116. The quantitative estimate of drug-likeness (QED) is 0.718. The van der Waals surface area contributed by atoms with Crippen LogP contribution in [0.1, 0.15) is 50.5 Å². The topological polar surface area (TPSA) is 66.9 Å². The van der Waals surface area contributed by atoms with Crippen molar-refractivity contribution in [2.24, 2.45) is 5.92 Å². The van der Waals surface area contributed by atoms with Crippen LogP contribution in [-0.4, -0.2) is 29.2 Å². The summed E-state index contributed by atoms with van der Waals surface area (Å²) in [5.74, 6) is 0.716. The Labute approximate surface area is 136 Å². The summed E-state index contributed by atoms with van der Waals surface area (Å²) < 4.78 is 0. The summed E-state index contributed by atoms with van der Waals surface area (Å²) in [5.41, 5.74) is 0. The van der Waals surface area contributed by atoms with E-state index in [2.05, 4.69) is 27.8 Å². The molecule has 0 radical (unpaired) electrons. The van der Waals surface area contributed by atoms with E-state index in [0.717, 1.165) is 37.4 Å². The standard InChI is InChI=1S/C14H24N4OS.ClH/c1-2-3-4-5-13-17-18-14(20-13)16-12(19)7-6-11-8-9-15-10-11;/h11,15H,2-10H2,1H3,(H,16,18,19);1H. The Hall–Kier alpha value is -0.720. The van der Waals surface area contributed by atoms with Gasteiger partial charge in [-0.15, -0.1) is 22.6 Å². The molecule has 2 heterocycles. The highest BCUT2D eigenvalue weighted by Gasteiger charge is 2.16. The minimum atomic E-state index is 0. The van der Waals surface area contributed by atoms with Crippen molar-refractivity contribution in [1.82, 2.24) is 15.5 Å².